The predicted molar refractivity (Wildman–Crippen MR) is 107 cm³/mol. The number of amides is 2. The normalized spacial score (nSPS) is 10.4. The van der Waals surface area contributed by atoms with Crippen molar-refractivity contribution in [2.24, 2.45) is 0 Å². The lowest BCUT2D eigenvalue weighted by Crippen LogP contribution is -2.34. The van der Waals surface area contributed by atoms with Gasteiger partial charge in [0.1, 0.15) is 5.75 Å². The number of ether oxygens (including phenoxy) is 2. The molecule has 0 atom stereocenters. The van der Waals surface area contributed by atoms with Gasteiger partial charge in [-0.05, 0) is 36.4 Å². The van der Waals surface area contributed by atoms with Crippen molar-refractivity contribution in [3.05, 3.63) is 70.8 Å². The van der Waals surface area contributed by atoms with E-state index in [1.165, 1.54) is 30.1 Å². The van der Waals surface area contributed by atoms with Gasteiger partial charge < -0.3 is 9.47 Å². The Morgan fingerprint density at radius 2 is 1.80 bits per heavy atom. The first-order valence-corrected chi connectivity index (χ1v) is 9.06. The molecule has 0 fully saturated rings. The number of aromatic nitrogens is 2. The van der Waals surface area contributed by atoms with E-state index >= 15 is 0 Å². The average Bonchev–Trinajstić information content (AvgIpc) is 2.77. The van der Waals surface area contributed by atoms with Crippen molar-refractivity contribution in [3.8, 4) is 5.75 Å². The molecular weight excluding hydrogens is 390 g/mol. The number of hydrogen-bond acceptors (Lipinski definition) is 7. The molecule has 0 radical (unpaired) electrons. The van der Waals surface area contributed by atoms with Crippen molar-refractivity contribution < 1.29 is 23.9 Å². The molecule has 0 saturated heterocycles. The first-order chi connectivity index (χ1) is 14.5. The number of fused-ring (bicyclic) bond motifs is 1. The van der Waals surface area contributed by atoms with E-state index in [9.17, 15) is 19.2 Å². The lowest BCUT2D eigenvalue weighted by atomic mass is 10.2. The third-order valence-electron chi connectivity index (χ3n) is 4.26. The van der Waals surface area contributed by atoms with Crippen LogP contribution in [0.1, 0.15) is 16.8 Å². The van der Waals surface area contributed by atoms with E-state index in [0.717, 1.165) is 0 Å². The van der Waals surface area contributed by atoms with Crippen LogP contribution in [0.4, 0.5) is 0 Å². The fraction of sp³-hybridized carbons (Fsp3) is 0.190. The molecule has 3 aromatic rings. The molecule has 9 nitrogen and oxygen atoms in total. The zero-order valence-electron chi connectivity index (χ0n) is 16.2. The zero-order valence-corrected chi connectivity index (χ0v) is 16.2. The highest BCUT2D eigenvalue weighted by Crippen LogP contribution is 2.11. The summed E-state index contributed by atoms with van der Waals surface area (Å²) in [5.74, 6) is -1.48. The number of methoxy groups -OCH3 is 1. The van der Waals surface area contributed by atoms with Gasteiger partial charge in [-0.2, -0.15) is 0 Å². The first kappa shape index (κ1) is 20.7. The number of carbonyl (C=O) groups is 3. The van der Waals surface area contributed by atoms with Crippen LogP contribution in [-0.2, 0) is 20.9 Å². The van der Waals surface area contributed by atoms with Crippen LogP contribution in [0.2, 0.25) is 0 Å². The minimum atomic E-state index is -0.756. The Morgan fingerprint density at radius 1 is 1.07 bits per heavy atom. The van der Waals surface area contributed by atoms with Crippen molar-refractivity contribution in [3.63, 3.8) is 0 Å². The van der Waals surface area contributed by atoms with Gasteiger partial charge in [-0.1, -0.05) is 12.1 Å². The van der Waals surface area contributed by atoms with Crippen molar-refractivity contribution in [2.45, 2.75) is 13.0 Å². The summed E-state index contributed by atoms with van der Waals surface area (Å²) in [6, 6.07) is 13.1. The van der Waals surface area contributed by atoms with Crippen LogP contribution in [-0.4, -0.2) is 41.1 Å². The summed E-state index contributed by atoms with van der Waals surface area (Å²) in [5.41, 5.74) is 0.564. The topological polar surface area (TPSA) is 117 Å². The number of aryl methyl sites for hydroxylation is 1. The highest BCUT2D eigenvalue weighted by atomic mass is 16.5. The van der Waals surface area contributed by atoms with Crippen LogP contribution in [0, 0.1) is 0 Å². The van der Waals surface area contributed by atoms with Crippen LogP contribution in [0.5, 0.6) is 5.75 Å². The van der Waals surface area contributed by atoms with Crippen LogP contribution in [0.15, 0.2) is 59.7 Å². The van der Waals surface area contributed by atoms with Gasteiger partial charge in [-0.25, -0.2) is 4.98 Å². The summed E-state index contributed by atoms with van der Waals surface area (Å²) in [6.07, 6.45) is 1.23. The molecule has 2 aromatic carbocycles. The number of nitrogens with zero attached hydrogens (tertiary/aromatic N) is 2. The second-order valence-corrected chi connectivity index (χ2v) is 6.28. The molecular formula is C21H19N3O6. The SMILES string of the molecule is COc1ccc(C(=O)NC(=O)COC(=O)CCn2cnc3ccccc3c2=O)cc1. The van der Waals surface area contributed by atoms with E-state index in [-0.39, 0.29) is 24.1 Å². The monoisotopic (exact) mass is 409 g/mol. The fourth-order valence-corrected chi connectivity index (χ4v) is 2.67. The van der Waals surface area contributed by atoms with Crippen molar-refractivity contribution in [2.75, 3.05) is 13.7 Å². The molecule has 0 spiro atoms. The number of esters is 1. The van der Waals surface area contributed by atoms with Crippen molar-refractivity contribution >= 4 is 28.7 Å². The summed E-state index contributed by atoms with van der Waals surface area (Å²) in [6.45, 7) is -0.548. The summed E-state index contributed by atoms with van der Waals surface area (Å²) in [5, 5.41) is 2.58. The van der Waals surface area contributed by atoms with Gasteiger partial charge in [0, 0.05) is 12.1 Å². The zero-order chi connectivity index (χ0) is 21.5. The molecule has 30 heavy (non-hydrogen) atoms. The largest absolute Gasteiger partial charge is 0.497 e. The third-order valence-corrected chi connectivity index (χ3v) is 4.26. The number of para-hydroxylation sites is 1. The van der Waals surface area contributed by atoms with Gasteiger partial charge in [-0.15, -0.1) is 0 Å². The Hall–Kier alpha value is -4.01. The second kappa shape index (κ2) is 9.46. The average molecular weight is 409 g/mol. The van der Waals surface area contributed by atoms with Gasteiger partial charge in [0.2, 0.25) is 0 Å². The van der Waals surface area contributed by atoms with Gasteiger partial charge in [0.05, 0.1) is 30.8 Å². The van der Waals surface area contributed by atoms with Gasteiger partial charge in [-0.3, -0.25) is 29.1 Å². The standard InChI is InChI=1S/C21H19N3O6/c1-29-15-8-6-14(7-9-15)20(27)23-18(25)12-30-19(26)10-11-24-13-22-17-5-3-2-4-16(17)21(24)28/h2-9,13H,10-12H2,1H3,(H,23,25,27). The number of nitrogens with one attached hydrogen (secondary N) is 1. The van der Waals surface area contributed by atoms with Gasteiger partial charge in [0.15, 0.2) is 6.61 Å². The summed E-state index contributed by atoms with van der Waals surface area (Å²) < 4.78 is 11.2. The molecule has 0 saturated carbocycles. The Kier molecular flexibility index (Phi) is 6.53. The van der Waals surface area contributed by atoms with Crippen molar-refractivity contribution in [1.82, 2.24) is 14.9 Å². The number of imide groups is 1. The van der Waals surface area contributed by atoms with Gasteiger partial charge in [0.25, 0.3) is 17.4 Å². The van der Waals surface area contributed by atoms with E-state index in [2.05, 4.69) is 10.3 Å². The second-order valence-electron chi connectivity index (χ2n) is 6.28. The summed E-state index contributed by atoms with van der Waals surface area (Å²) in [4.78, 5) is 52.2. The molecule has 1 heterocycles. The number of carbonyl (C=O) groups excluding carboxylic acids is 3. The summed E-state index contributed by atoms with van der Waals surface area (Å²) in [7, 11) is 1.50. The molecule has 1 aromatic heterocycles. The Labute approximate surface area is 171 Å². The first-order valence-electron chi connectivity index (χ1n) is 9.06. The molecule has 3 rings (SSSR count). The van der Waals surface area contributed by atoms with E-state index < -0.39 is 24.4 Å². The predicted octanol–water partition coefficient (Wildman–Crippen LogP) is 1.29. The Morgan fingerprint density at radius 3 is 2.53 bits per heavy atom. The quantitative estimate of drug-likeness (QED) is 0.585. The maximum Gasteiger partial charge on any atom is 0.308 e. The molecule has 0 aliphatic heterocycles. The molecule has 0 aliphatic carbocycles. The highest BCUT2D eigenvalue weighted by molar-refractivity contribution is 6.05. The maximum atomic E-state index is 12.4. The minimum Gasteiger partial charge on any atom is -0.497 e. The fourth-order valence-electron chi connectivity index (χ4n) is 2.67. The smallest absolute Gasteiger partial charge is 0.308 e. The van der Waals surface area contributed by atoms with Crippen LogP contribution >= 0.6 is 0 Å². The molecule has 1 N–H and O–H groups in total. The number of benzene rings is 2. The molecule has 9 heteroatoms. The van der Waals surface area contributed by atoms with E-state index in [1.54, 1.807) is 36.4 Å². The van der Waals surface area contributed by atoms with Gasteiger partial charge >= 0.3 is 5.97 Å². The van der Waals surface area contributed by atoms with E-state index in [4.69, 9.17) is 9.47 Å². The number of hydrogen-bond donors (Lipinski definition) is 1. The Balaban J connectivity index is 1.47. The Bertz CT molecular complexity index is 1140. The molecule has 0 unspecified atom stereocenters. The maximum absolute atomic E-state index is 12.4. The molecule has 154 valence electrons. The van der Waals surface area contributed by atoms with Crippen LogP contribution < -0.4 is 15.6 Å². The van der Waals surface area contributed by atoms with Crippen molar-refractivity contribution in [1.29, 1.82) is 0 Å². The molecule has 2 amide bonds. The highest BCUT2D eigenvalue weighted by Gasteiger charge is 2.13. The van der Waals surface area contributed by atoms with E-state index in [1.807, 2.05) is 0 Å². The van der Waals surface area contributed by atoms with Crippen LogP contribution in [0.25, 0.3) is 10.9 Å². The minimum absolute atomic E-state index is 0.0574. The van der Waals surface area contributed by atoms with Crippen LogP contribution in [0.3, 0.4) is 0 Å². The lowest BCUT2D eigenvalue weighted by Gasteiger charge is -2.08. The summed E-state index contributed by atoms with van der Waals surface area (Å²) >= 11 is 0. The molecule has 0 bridgehead atoms. The lowest BCUT2D eigenvalue weighted by molar-refractivity contribution is -0.148. The molecule has 0 aliphatic rings. The van der Waals surface area contributed by atoms with E-state index in [0.29, 0.717) is 16.7 Å². The third kappa shape index (κ3) is 5.07. The number of rotatable bonds is 7.